The zero-order valence-electron chi connectivity index (χ0n) is 38.8. The van der Waals surface area contributed by atoms with Gasteiger partial charge in [-0.2, -0.15) is 5.90 Å². The van der Waals surface area contributed by atoms with E-state index < -0.39 is 23.5 Å². The highest BCUT2D eigenvalue weighted by molar-refractivity contribution is 6.41. The van der Waals surface area contributed by atoms with Crippen molar-refractivity contribution in [2.45, 2.75) is 25.6 Å². The minimum Gasteiger partial charge on any atom is -0.497 e. The number of allylic oxidation sites excluding steroid dienone is 2. The SMILES string of the molecule is C#CC(=O)c1ccc(OC)cc1.C=CC(=O)c1ccc(OC)cc1.C=CC(=O)c1ccc(OC2CCCCO2)cc1.COC(=O)C(=O)c1ccc(OC)cc1.COc1ccc(C(=O)C(=O)ON)cc1. The third-order valence-electron chi connectivity index (χ3n) is 9.14. The van der Waals surface area contributed by atoms with Crippen LogP contribution in [-0.4, -0.2) is 89.3 Å². The van der Waals surface area contributed by atoms with E-state index in [1.807, 2.05) is 5.92 Å². The predicted octanol–water partition coefficient (Wildman–Crippen LogP) is 7.88. The Hall–Kier alpha value is -8.65. The standard InChI is InChI=1S/C14H16O3.C10H10O4.C10H10O2.C10H8O2.C9H9NO4/c1-2-13(15)11-6-8-12(9-7-11)17-14-5-3-4-10-16-14;1-13-8-5-3-7(4-6-8)9(11)10(12)14-2;2*1-3-10(11)8-4-6-9(12-2)7-5-8;1-13-7-4-2-6(3-5-7)8(11)9(12)14-10/h2,6-9,14H,1,3-5,10H2;3-6H,1-2H3;3-7H,1H2,2H3;1,4-7H,2H3;2-5H,10H2,1H3. The van der Waals surface area contributed by atoms with Gasteiger partial charge in [0.15, 0.2) is 17.9 Å². The molecule has 1 heterocycles. The van der Waals surface area contributed by atoms with Gasteiger partial charge in [-0.25, -0.2) is 9.59 Å². The van der Waals surface area contributed by atoms with Gasteiger partial charge in [0, 0.05) is 34.2 Å². The number of Topliss-reactive ketones (excluding diaryl/α,β-unsaturated/α-hetero) is 3. The zero-order chi connectivity index (χ0) is 51.1. The maximum absolute atomic E-state index is 11.3. The fraction of sp³-hybridized carbons (Fsp3) is 0.189. The van der Waals surface area contributed by atoms with Crippen LogP contribution in [0.4, 0.5) is 0 Å². The quantitative estimate of drug-likeness (QED) is 0.0201. The Morgan fingerprint density at radius 1 is 0.536 bits per heavy atom. The van der Waals surface area contributed by atoms with Crippen molar-refractivity contribution in [1.29, 1.82) is 0 Å². The number of methoxy groups -OCH3 is 5. The van der Waals surface area contributed by atoms with Gasteiger partial charge in [0.1, 0.15) is 28.7 Å². The molecule has 1 fully saturated rings. The van der Waals surface area contributed by atoms with Gasteiger partial charge in [0.2, 0.25) is 5.78 Å². The monoisotopic (exact) mass is 943 g/mol. The number of nitrogens with two attached hydrogens (primary N) is 1. The third kappa shape index (κ3) is 19.8. The lowest BCUT2D eigenvalue weighted by atomic mass is 10.1. The molecule has 5 aromatic rings. The first kappa shape index (κ1) is 56.5. The van der Waals surface area contributed by atoms with Crippen LogP contribution in [0.25, 0.3) is 0 Å². The minimum absolute atomic E-state index is 0.0716. The second kappa shape index (κ2) is 31.3. The van der Waals surface area contributed by atoms with Crippen LogP contribution in [0, 0.1) is 12.3 Å². The molecule has 0 bridgehead atoms. The van der Waals surface area contributed by atoms with Gasteiger partial charge in [-0.1, -0.05) is 13.2 Å². The summed E-state index contributed by atoms with van der Waals surface area (Å²) < 4.78 is 35.1. The molecule has 0 aliphatic carbocycles. The Kier molecular flexibility index (Phi) is 25.6. The summed E-state index contributed by atoms with van der Waals surface area (Å²) in [6.45, 7) is 7.61. The summed E-state index contributed by atoms with van der Waals surface area (Å²) in [4.78, 5) is 81.2. The van der Waals surface area contributed by atoms with Gasteiger partial charge in [-0.15, -0.1) is 6.42 Å². The molecule has 0 radical (unpaired) electrons. The fourth-order valence-electron chi connectivity index (χ4n) is 5.34. The molecule has 0 saturated carbocycles. The smallest absolute Gasteiger partial charge is 0.398 e. The van der Waals surface area contributed by atoms with Gasteiger partial charge >= 0.3 is 11.9 Å². The molecule has 5 aromatic carbocycles. The summed E-state index contributed by atoms with van der Waals surface area (Å²) in [5.41, 5.74) is 2.26. The molecule has 1 aliphatic heterocycles. The Labute approximate surface area is 400 Å². The average Bonchev–Trinajstić information content (AvgIpc) is 3.42. The highest BCUT2D eigenvalue weighted by atomic mass is 16.7. The van der Waals surface area contributed by atoms with Crippen molar-refractivity contribution in [2.24, 2.45) is 5.90 Å². The number of terminal acetylenes is 1. The molecule has 16 nitrogen and oxygen atoms in total. The van der Waals surface area contributed by atoms with Crippen LogP contribution in [0.1, 0.15) is 71.1 Å². The molecular weight excluding hydrogens is 891 g/mol. The predicted molar refractivity (Wildman–Crippen MR) is 256 cm³/mol. The van der Waals surface area contributed by atoms with E-state index in [1.165, 1.54) is 57.7 Å². The number of hydrogen-bond donors (Lipinski definition) is 1. The zero-order valence-corrected chi connectivity index (χ0v) is 38.8. The van der Waals surface area contributed by atoms with Crippen molar-refractivity contribution in [3.63, 3.8) is 0 Å². The fourth-order valence-corrected chi connectivity index (χ4v) is 5.34. The minimum atomic E-state index is -1.09. The van der Waals surface area contributed by atoms with Crippen molar-refractivity contribution in [1.82, 2.24) is 0 Å². The van der Waals surface area contributed by atoms with E-state index >= 15 is 0 Å². The highest BCUT2D eigenvalue weighted by Crippen LogP contribution is 2.20. The van der Waals surface area contributed by atoms with Gasteiger partial charge in [-0.05, 0) is 152 Å². The lowest BCUT2D eigenvalue weighted by Gasteiger charge is -2.23. The average molecular weight is 944 g/mol. The Bertz CT molecular complexity index is 2430. The molecule has 1 unspecified atom stereocenters. The van der Waals surface area contributed by atoms with E-state index in [0.29, 0.717) is 33.9 Å². The summed E-state index contributed by atoms with van der Waals surface area (Å²) in [6, 6.07) is 32.9. The molecule has 0 spiro atoms. The summed E-state index contributed by atoms with van der Waals surface area (Å²) in [6.07, 6.45) is 10.6. The van der Waals surface area contributed by atoms with Crippen molar-refractivity contribution >= 4 is 40.9 Å². The van der Waals surface area contributed by atoms with Crippen molar-refractivity contribution in [3.8, 4) is 41.1 Å². The first-order valence-corrected chi connectivity index (χ1v) is 20.6. The van der Waals surface area contributed by atoms with Gasteiger partial charge < -0.3 is 38.0 Å². The molecule has 1 saturated heterocycles. The molecule has 6 rings (SSSR count). The summed E-state index contributed by atoms with van der Waals surface area (Å²) in [5, 5.41) is 0. The summed E-state index contributed by atoms with van der Waals surface area (Å²) in [5.74, 6) is 6.18. The number of esters is 1. The van der Waals surface area contributed by atoms with Crippen molar-refractivity contribution in [2.75, 3.05) is 42.2 Å². The Morgan fingerprint density at radius 3 is 1.19 bits per heavy atom. The molecular formula is C53H53NO15. The molecule has 360 valence electrons. The van der Waals surface area contributed by atoms with Crippen LogP contribution in [0.3, 0.4) is 0 Å². The number of rotatable bonds is 15. The number of carbonyl (C=O) groups is 7. The van der Waals surface area contributed by atoms with Gasteiger partial charge in [0.05, 0.1) is 42.2 Å². The van der Waals surface area contributed by atoms with E-state index in [4.69, 9.17) is 34.8 Å². The molecule has 16 heteroatoms. The first-order chi connectivity index (χ1) is 33.2. The maximum atomic E-state index is 11.3. The molecule has 0 amide bonds. The van der Waals surface area contributed by atoms with E-state index in [-0.39, 0.29) is 34.8 Å². The number of benzene rings is 5. The molecule has 69 heavy (non-hydrogen) atoms. The lowest BCUT2D eigenvalue weighted by Crippen LogP contribution is -2.24. The van der Waals surface area contributed by atoms with Crippen molar-refractivity contribution in [3.05, 3.63) is 174 Å². The number of hydrogen-bond acceptors (Lipinski definition) is 16. The van der Waals surface area contributed by atoms with Crippen molar-refractivity contribution < 1.29 is 71.6 Å². The van der Waals surface area contributed by atoms with E-state index in [1.54, 1.807) is 111 Å². The van der Waals surface area contributed by atoms with E-state index in [0.717, 1.165) is 37.4 Å². The molecule has 0 aromatic heterocycles. The molecule has 1 atom stereocenters. The normalized spacial score (nSPS) is 11.7. The second-order valence-corrected chi connectivity index (χ2v) is 13.5. The Balaban J connectivity index is 0.000000298. The lowest BCUT2D eigenvalue weighted by molar-refractivity contribution is -0.138. The Morgan fingerprint density at radius 2 is 0.884 bits per heavy atom. The van der Waals surface area contributed by atoms with Gasteiger partial charge in [-0.3, -0.25) is 24.0 Å². The number of ether oxygens (including phenoxy) is 7. The van der Waals surface area contributed by atoms with Crippen LogP contribution in [0.15, 0.2) is 147 Å². The number of carbonyl (C=O) groups excluding carboxylic acids is 7. The van der Waals surface area contributed by atoms with E-state index in [2.05, 4.69) is 28.6 Å². The summed E-state index contributed by atoms with van der Waals surface area (Å²) in [7, 11) is 7.36. The van der Waals surface area contributed by atoms with E-state index in [9.17, 15) is 33.6 Å². The van der Waals surface area contributed by atoms with Crippen LogP contribution in [0.2, 0.25) is 0 Å². The van der Waals surface area contributed by atoms with Crippen LogP contribution in [-0.2, 0) is 23.9 Å². The first-order valence-electron chi connectivity index (χ1n) is 20.6. The maximum Gasteiger partial charge on any atom is 0.398 e. The van der Waals surface area contributed by atoms with Crippen LogP contribution < -0.4 is 29.6 Å². The topological polar surface area (TPSA) is 219 Å². The van der Waals surface area contributed by atoms with Crippen LogP contribution in [0.5, 0.6) is 28.7 Å². The van der Waals surface area contributed by atoms with Gasteiger partial charge in [0.25, 0.3) is 11.6 Å². The second-order valence-electron chi connectivity index (χ2n) is 13.5. The van der Waals surface area contributed by atoms with Crippen LogP contribution >= 0.6 is 0 Å². The largest absolute Gasteiger partial charge is 0.497 e. The molecule has 2 N–H and O–H groups in total. The third-order valence-corrected chi connectivity index (χ3v) is 9.14. The molecule has 1 aliphatic rings. The number of ketones is 5. The summed E-state index contributed by atoms with van der Waals surface area (Å²) >= 11 is 0. The highest BCUT2D eigenvalue weighted by Gasteiger charge is 2.18.